The van der Waals surface area contributed by atoms with Gasteiger partial charge < -0.3 is 0 Å². The monoisotopic (exact) mass is 269 g/mol. The standard InChI is InChI=1S/C18H11N3/c19-11-13-5-7-14(8-6-13)16(12-20)18-10-9-15-3-1-2-4-17(15)21-18/h1-10,16H. The maximum atomic E-state index is 9.48. The number of benzene rings is 2. The first-order valence-corrected chi connectivity index (χ1v) is 6.57. The average Bonchev–Trinajstić information content (AvgIpc) is 2.56. The minimum Gasteiger partial charge on any atom is -0.251 e. The summed E-state index contributed by atoms with van der Waals surface area (Å²) in [6.45, 7) is 0. The molecule has 0 radical (unpaired) electrons. The first kappa shape index (κ1) is 12.8. The van der Waals surface area contributed by atoms with Crippen molar-refractivity contribution < 1.29 is 0 Å². The molecule has 0 saturated carbocycles. The zero-order valence-electron chi connectivity index (χ0n) is 11.2. The van der Waals surface area contributed by atoms with E-state index in [1.165, 1.54) is 0 Å². The molecule has 0 bridgehead atoms. The summed E-state index contributed by atoms with van der Waals surface area (Å²) in [7, 11) is 0. The van der Waals surface area contributed by atoms with Crippen LogP contribution < -0.4 is 0 Å². The van der Waals surface area contributed by atoms with Gasteiger partial charge in [-0.25, -0.2) is 0 Å². The van der Waals surface area contributed by atoms with Crippen LogP contribution in [0.4, 0.5) is 0 Å². The Morgan fingerprint density at radius 3 is 2.33 bits per heavy atom. The van der Waals surface area contributed by atoms with Crippen LogP contribution in [0.2, 0.25) is 0 Å². The van der Waals surface area contributed by atoms with Crippen molar-refractivity contribution in [3.63, 3.8) is 0 Å². The molecule has 0 aliphatic rings. The van der Waals surface area contributed by atoms with Crippen LogP contribution in [-0.2, 0) is 0 Å². The maximum Gasteiger partial charge on any atom is 0.113 e. The van der Waals surface area contributed by atoms with Crippen molar-refractivity contribution in [2.45, 2.75) is 5.92 Å². The highest BCUT2D eigenvalue weighted by Gasteiger charge is 2.15. The molecule has 0 aliphatic heterocycles. The van der Waals surface area contributed by atoms with Gasteiger partial charge in [-0.15, -0.1) is 0 Å². The van der Waals surface area contributed by atoms with Gasteiger partial charge in [-0.2, -0.15) is 10.5 Å². The molecule has 1 atom stereocenters. The van der Waals surface area contributed by atoms with E-state index in [-0.39, 0.29) is 0 Å². The van der Waals surface area contributed by atoms with Gasteiger partial charge in [-0.3, -0.25) is 4.98 Å². The normalized spacial score (nSPS) is 11.5. The Morgan fingerprint density at radius 1 is 0.857 bits per heavy atom. The molecule has 0 aliphatic carbocycles. The van der Waals surface area contributed by atoms with E-state index < -0.39 is 5.92 Å². The second-order valence-corrected chi connectivity index (χ2v) is 4.72. The second kappa shape index (κ2) is 5.45. The van der Waals surface area contributed by atoms with E-state index >= 15 is 0 Å². The lowest BCUT2D eigenvalue weighted by atomic mass is 9.95. The van der Waals surface area contributed by atoms with Crippen LogP contribution in [0.5, 0.6) is 0 Å². The predicted molar refractivity (Wildman–Crippen MR) is 80.4 cm³/mol. The molecule has 0 spiro atoms. The van der Waals surface area contributed by atoms with Crippen molar-refractivity contribution in [2.75, 3.05) is 0 Å². The van der Waals surface area contributed by atoms with Crippen LogP contribution >= 0.6 is 0 Å². The molecule has 2 aromatic carbocycles. The van der Waals surface area contributed by atoms with E-state index in [1.54, 1.807) is 12.1 Å². The Hall–Kier alpha value is -3.17. The molecule has 1 heterocycles. The van der Waals surface area contributed by atoms with E-state index in [0.717, 1.165) is 22.2 Å². The van der Waals surface area contributed by atoms with Crippen molar-refractivity contribution in [3.8, 4) is 12.1 Å². The third kappa shape index (κ3) is 2.45. The Bertz CT molecular complexity index is 867. The Labute approximate surface area is 122 Å². The minimum atomic E-state index is -0.428. The number of nitrogens with zero attached hydrogens (tertiary/aromatic N) is 3. The van der Waals surface area contributed by atoms with Crippen molar-refractivity contribution in [1.82, 2.24) is 4.98 Å². The molecular formula is C18H11N3. The second-order valence-electron chi connectivity index (χ2n) is 4.72. The van der Waals surface area contributed by atoms with Gasteiger partial charge >= 0.3 is 0 Å². The van der Waals surface area contributed by atoms with Gasteiger partial charge in [0.25, 0.3) is 0 Å². The summed E-state index contributed by atoms with van der Waals surface area (Å²) in [6.07, 6.45) is 0. The summed E-state index contributed by atoms with van der Waals surface area (Å²) < 4.78 is 0. The van der Waals surface area contributed by atoms with E-state index in [0.29, 0.717) is 5.56 Å². The summed E-state index contributed by atoms with van der Waals surface area (Å²) in [4.78, 5) is 4.58. The third-order valence-electron chi connectivity index (χ3n) is 3.42. The molecule has 1 aromatic heterocycles. The predicted octanol–water partition coefficient (Wildman–Crippen LogP) is 3.76. The smallest absolute Gasteiger partial charge is 0.113 e. The number of hydrogen-bond donors (Lipinski definition) is 0. The van der Waals surface area contributed by atoms with E-state index in [1.807, 2.05) is 48.5 Å². The Kier molecular flexibility index (Phi) is 3.33. The molecule has 1 unspecified atom stereocenters. The van der Waals surface area contributed by atoms with Crippen LogP contribution in [0.15, 0.2) is 60.7 Å². The van der Waals surface area contributed by atoms with Crippen molar-refractivity contribution in [1.29, 1.82) is 10.5 Å². The first-order valence-electron chi connectivity index (χ1n) is 6.57. The SMILES string of the molecule is N#Cc1ccc(C(C#N)c2ccc3ccccc3n2)cc1. The van der Waals surface area contributed by atoms with Gasteiger partial charge in [0, 0.05) is 5.39 Å². The van der Waals surface area contributed by atoms with Crippen LogP contribution in [0.1, 0.15) is 22.7 Å². The van der Waals surface area contributed by atoms with E-state index in [9.17, 15) is 5.26 Å². The summed E-state index contributed by atoms with van der Waals surface area (Å²) in [5.41, 5.74) is 3.03. The van der Waals surface area contributed by atoms with Crippen molar-refractivity contribution in [3.05, 3.63) is 77.5 Å². The number of aromatic nitrogens is 1. The van der Waals surface area contributed by atoms with Crippen LogP contribution in [-0.4, -0.2) is 4.98 Å². The summed E-state index contributed by atoms with van der Waals surface area (Å²) in [6, 6.07) is 23.1. The van der Waals surface area contributed by atoms with Gasteiger partial charge in [-0.05, 0) is 29.8 Å². The fourth-order valence-corrected chi connectivity index (χ4v) is 2.30. The lowest BCUT2D eigenvalue weighted by molar-refractivity contribution is 0.979. The molecule has 0 N–H and O–H groups in total. The van der Waals surface area contributed by atoms with Crippen molar-refractivity contribution in [2.24, 2.45) is 0 Å². The Balaban J connectivity index is 2.05. The molecule has 3 rings (SSSR count). The van der Waals surface area contributed by atoms with Gasteiger partial charge in [0.15, 0.2) is 0 Å². The van der Waals surface area contributed by atoms with Gasteiger partial charge in [-0.1, -0.05) is 36.4 Å². The fourth-order valence-electron chi connectivity index (χ4n) is 2.30. The zero-order valence-corrected chi connectivity index (χ0v) is 11.2. The molecule has 3 aromatic rings. The number of rotatable bonds is 2. The molecule has 3 heteroatoms. The highest BCUT2D eigenvalue weighted by Crippen LogP contribution is 2.24. The quantitative estimate of drug-likeness (QED) is 0.711. The molecule has 3 nitrogen and oxygen atoms in total. The molecular weight excluding hydrogens is 258 g/mol. The van der Waals surface area contributed by atoms with Crippen LogP contribution in [0.3, 0.4) is 0 Å². The third-order valence-corrected chi connectivity index (χ3v) is 3.42. The number of hydrogen-bond acceptors (Lipinski definition) is 3. The number of nitriles is 2. The maximum absolute atomic E-state index is 9.48. The summed E-state index contributed by atoms with van der Waals surface area (Å²) in [5.74, 6) is -0.428. The van der Waals surface area contributed by atoms with E-state index in [4.69, 9.17) is 5.26 Å². The summed E-state index contributed by atoms with van der Waals surface area (Å²) in [5, 5.41) is 19.4. The molecule has 0 amide bonds. The first-order chi connectivity index (χ1) is 10.3. The number of pyridine rings is 1. The Morgan fingerprint density at radius 2 is 1.62 bits per heavy atom. The zero-order chi connectivity index (χ0) is 14.7. The highest BCUT2D eigenvalue weighted by atomic mass is 14.7. The fraction of sp³-hybridized carbons (Fsp3) is 0.0556. The topological polar surface area (TPSA) is 60.5 Å². The van der Waals surface area contributed by atoms with Gasteiger partial charge in [0.2, 0.25) is 0 Å². The number of fused-ring (bicyclic) bond motifs is 1. The van der Waals surface area contributed by atoms with E-state index in [2.05, 4.69) is 17.1 Å². The average molecular weight is 269 g/mol. The van der Waals surface area contributed by atoms with Crippen LogP contribution in [0, 0.1) is 22.7 Å². The van der Waals surface area contributed by atoms with Gasteiger partial charge in [0.05, 0.1) is 28.9 Å². The largest absolute Gasteiger partial charge is 0.251 e. The highest BCUT2D eigenvalue weighted by molar-refractivity contribution is 5.78. The lowest BCUT2D eigenvalue weighted by Gasteiger charge is -2.10. The molecule has 98 valence electrons. The van der Waals surface area contributed by atoms with Gasteiger partial charge in [0.1, 0.15) is 5.92 Å². The molecule has 21 heavy (non-hydrogen) atoms. The lowest BCUT2D eigenvalue weighted by Crippen LogP contribution is -2.01. The van der Waals surface area contributed by atoms with Crippen LogP contribution in [0.25, 0.3) is 10.9 Å². The molecule has 0 saturated heterocycles. The molecule has 0 fully saturated rings. The number of para-hydroxylation sites is 1. The minimum absolute atomic E-state index is 0.428. The summed E-state index contributed by atoms with van der Waals surface area (Å²) >= 11 is 0. The van der Waals surface area contributed by atoms with Crippen molar-refractivity contribution >= 4 is 10.9 Å².